The number of pyridine rings is 1. The Balaban J connectivity index is 1.69. The lowest BCUT2D eigenvalue weighted by molar-refractivity contribution is -0.186. The van der Waals surface area contributed by atoms with Crippen LogP contribution >= 0.6 is 0 Å². The van der Waals surface area contributed by atoms with E-state index in [4.69, 9.17) is 0 Å². The van der Waals surface area contributed by atoms with E-state index in [-0.39, 0.29) is 18.8 Å². The van der Waals surface area contributed by atoms with Gasteiger partial charge in [-0.3, -0.25) is 9.59 Å². The molecule has 2 amide bonds. The monoisotopic (exact) mass is 363 g/mol. The maximum absolute atomic E-state index is 12.6. The smallest absolute Gasteiger partial charge is 0.323 e. The van der Waals surface area contributed by atoms with E-state index >= 15 is 0 Å². The van der Waals surface area contributed by atoms with Crippen molar-refractivity contribution in [2.75, 3.05) is 11.9 Å². The van der Waals surface area contributed by atoms with Crippen LogP contribution in [0.4, 0.5) is 19.0 Å². The van der Waals surface area contributed by atoms with Crippen LogP contribution in [-0.2, 0) is 9.59 Å². The fourth-order valence-corrected chi connectivity index (χ4v) is 2.92. The van der Waals surface area contributed by atoms with E-state index in [1.54, 1.807) is 18.3 Å². The van der Waals surface area contributed by atoms with Crippen molar-refractivity contribution in [1.29, 1.82) is 0 Å². The third-order valence-electron chi connectivity index (χ3n) is 4.18. The number of halogens is 3. The Labute approximate surface area is 147 Å². The minimum atomic E-state index is -4.99. The summed E-state index contributed by atoms with van der Waals surface area (Å²) in [6.45, 7) is -0.0865. The first kappa shape index (κ1) is 17.9. The first-order chi connectivity index (χ1) is 12.4. The lowest BCUT2D eigenvalue weighted by Crippen LogP contribution is -2.48. The molecule has 1 saturated heterocycles. The Morgan fingerprint density at radius 1 is 1.08 bits per heavy atom. The highest BCUT2D eigenvalue weighted by atomic mass is 19.4. The zero-order valence-corrected chi connectivity index (χ0v) is 13.7. The summed E-state index contributed by atoms with van der Waals surface area (Å²) >= 11 is 0. The molecule has 0 saturated carbocycles. The summed E-state index contributed by atoms with van der Waals surface area (Å²) in [6, 6.07) is 11.7. The number of anilines is 1. The van der Waals surface area contributed by atoms with Gasteiger partial charge in [0.15, 0.2) is 0 Å². The molecule has 0 aliphatic carbocycles. The summed E-state index contributed by atoms with van der Waals surface area (Å²) < 4.78 is 37.9. The predicted molar refractivity (Wildman–Crippen MR) is 89.1 cm³/mol. The van der Waals surface area contributed by atoms with Gasteiger partial charge in [0.05, 0.1) is 0 Å². The molecule has 5 nitrogen and oxygen atoms in total. The summed E-state index contributed by atoms with van der Waals surface area (Å²) in [5.41, 5.74) is 1.80. The topological polar surface area (TPSA) is 62.3 Å². The van der Waals surface area contributed by atoms with Crippen LogP contribution in [0.25, 0.3) is 11.1 Å². The minimum Gasteiger partial charge on any atom is -0.323 e. The second kappa shape index (κ2) is 7.15. The molecule has 1 aliphatic heterocycles. The van der Waals surface area contributed by atoms with Gasteiger partial charge in [-0.15, -0.1) is 0 Å². The fraction of sp³-hybridized carbons (Fsp3) is 0.278. The van der Waals surface area contributed by atoms with Crippen LogP contribution in [0.5, 0.6) is 0 Å². The van der Waals surface area contributed by atoms with Gasteiger partial charge in [-0.1, -0.05) is 30.3 Å². The molecule has 0 spiro atoms. The van der Waals surface area contributed by atoms with E-state index in [2.05, 4.69) is 10.3 Å². The summed E-state index contributed by atoms with van der Waals surface area (Å²) in [7, 11) is 0. The molecule has 8 heteroatoms. The number of aromatic nitrogens is 1. The Hall–Kier alpha value is -2.90. The SMILES string of the molecule is O=C(Nc1ccc(-c2ccccc2)cn1)C1CCCN1C(=O)C(F)(F)F. The van der Waals surface area contributed by atoms with Crippen molar-refractivity contribution in [2.24, 2.45) is 0 Å². The minimum absolute atomic E-state index is 0.0865. The van der Waals surface area contributed by atoms with Crippen LogP contribution < -0.4 is 5.32 Å². The van der Waals surface area contributed by atoms with Crippen molar-refractivity contribution < 1.29 is 22.8 Å². The van der Waals surface area contributed by atoms with Crippen molar-refractivity contribution in [3.63, 3.8) is 0 Å². The number of carbonyl (C=O) groups is 2. The van der Waals surface area contributed by atoms with Crippen molar-refractivity contribution >= 4 is 17.6 Å². The summed E-state index contributed by atoms with van der Waals surface area (Å²) in [4.78, 5) is 28.4. The Morgan fingerprint density at radius 3 is 2.42 bits per heavy atom. The number of rotatable bonds is 3. The molecule has 0 bridgehead atoms. The van der Waals surface area contributed by atoms with Gasteiger partial charge in [0.2, 0.25) is 5.91 Å². The Kier molecular flexibility index (Phi) is 4.92. The molecule has 0 radical (unpaired) electrons. The third-order valence-corrected chi connectivity index (χ3v) is 4.18. The van der Waals surface area contributed by atoms with E-state index in [0.29, 0.717) is 11.3 Å². The molecule has 1 atom stereocenters. The summed E-state index contributed by atoms with van der Waals surface area (Å²) in [5, 5.41) is 2.49. The Bertz CT molecular complexity index is 792. The molecule has 1 aromatic carbocycles. The quantitative estimate of drug-likeness (QED) is 0.911. The van der Waals surface area contributed by atoms with Gasteiger partial charge in [0, 0.05) is 18.3 Å². The second-order valence-electron chi connectivity index (χ2n) is 5.94. The summed E-state index contributed by atoms with van der Waals surface area (Å²) in [6.07, 6.45) is -2.88. The lowest BCUT2D eigenvalue weighted by Gasteiger charge is -2.24. The van der Waals surface area contributed by atoms with Gasteiger partial charge in [-0.05, 0) is 30.5 Å². The van der Waals surface area contributed by atoms with Crippen LogP contribution in [0.15, 0.2) is 48.7 Å². The van der Waals surface area contributed by atoms with E-state index in [1.165, 1.54) is 0 Å². The number of carbonyl (C=O) groups excluding carboxylic acids is 2. The first-order valence-electron chi connectivity index (χ1n) is 8.06. The second-order valence-corrected chi connectivity index (χ2v) is 5.94. The normalized spacial score (nSPS) is 17.2. The molecule has 1 N–H and O–H groups in total. The molecule has 1 aromatic heterocycles. The molecule has 1 aliphatic rings. The van der Waals surface area contributed by atoms with Gasteiger partial charge >= 0.3 is 12.1 Å². The number of nitrogens with one attached hydrogen (secondary N) is 1. The van der Waals surface area contributed by atoms with Gasteiger partial charge < -0.3 is 10.2 Å². The van der Waals surface area contributed by atoms with Crippen LogP contribution in [0.2, 0.25) is 0 Å². The number of hydrogen-bond donors (Lipinski definition) is 1. The maximum atomic E-state index is 12.6. The fourth-order valence-electron chi connectivity index (χ4n) is 2.92. The molecule has 26 heavy (non-hydrogen) atoms. The Morgan fingerprint density at radius 2 is 1.81 bits per heavy atom. The molecular weight excluding hydrogens is 347 g/mol. The van der Waals surface area contributed by atoms with Crippen molar-refractivity contribution in [3.8, 4) is 11.1 Å². The molecular formula is C18H16F3N3O2. The van der Waals surface area contributed by atoms with Crippen LogP contribution in [0.1, 0.15) is 12.8 Å². The molecule has 2 heterocycles. The van der Waals surface area contributed by atoms with Gasteiger partial charge in [-0.25, -0.2) is 4.98 Å². The number of amides is 2. The summed E-state index contributed by atoms with van der Waals surface area (Å²) in [5.74, 6) is -2.43. The highest BCUT2D eigenvalue weighted by Gasteiger charge is 2.47. The van der Waals surface area contributed by atoms with E-state index in [0.717, 1.165) is 11.1 Å². The van der Waals surface area contributed by atoms with E-state index < -0.39 is 24.0 Å². The number of likely N-dealkylation sites (tertiary alicyclic amines) is 1. The molecule has 1 fully saturated rings. The standard InChI is InChI=1S/C18H16F3N3O2/c19-18(20,21)17(26)24-10-4-7-14(24)16(25)23-15-9-8-13(11-22-15)12-5-2-1-3-6-12/h1-3,5-6,8-9,11,14H,4,7,10H2,(H,22,23,25). The average Bonchev–Trinajstić information content (AvgIpc) is 3.11. The van der Waals surface area contributed by atoms with Crippen molar-refractivity contribution in [2.45, 2.75) is 25.1 Å². The van der Waals surface area contributed by atoms with Crippen LogP contribution in [-0.4, -0.2) is 40.5 Å². The number of hydrogen-bond acceptors (Lipinski definition) is 3. The van der Waals surface area contributed by atoms with Crippen LogP contribution in [0.3, 0.4) is 0 Å². The lowest BCUT2D eigenvalue weighted by atomic mass is 10.1. The molecule has 2 aromatic rings. The predicted octanol–water partition coefficient (Wildman–Crippen LogP) is 3.24. The zero-order valence-electron chi connectivity index (χ0n) is 13.7. The van der Waals surface area contributed by atoms with Crippen molar-refractivity contribution in [1.82, 2.24) is 9.88 Å². The van der Waals surface area contributed by atoms with Gasteiger partial charge in [-0.2, -0.15) is 13.2 Å². The number of benzene rings is 1. The van der Waals surface area contributed by atoms with Crippen LogP contribution in [0, 0.1) is 0 Å². The van der Waals surface area contributed by atoms with Gasteiger partial charge in [0.25, 0.3) is 0 Å². The highest BCUT2D eigenvalue weighted by Crippen LogP contribution is 2.26. The molecule has 136 valence electrons. The van der Waals surface area contributed by atoms with E-state index in [1.807, 2.05) is 30.3 Å². The largest absolute Gasteiger partial charge is 0.471 e. The molecule has 3 rings (SSSR count). The maximum Gasteiger partial charge on any atom is 0.471 e. The highest BCUT2D eigenvalue weighted by molar-refractivity contribution is 5.97. The number of nitrogens with zero attached hydrogens (tertiary/aromatic N) is 2. The number of alkyl halides is 3. The molecule has 1 unspecified atom stereocenters. The van der Waals surface area contributed by atoms with E-state index in [9.17, 15) is 22.8 Å². The average molecular weight is 363 g/mol. The zero-order chi connectivity index (χ0) is 18.7. The first-order valence-corrected chi connectivity index (χ1v) is 8.06. The van der Waals surface area contributed by atoms with Gasteiger partial charge in [0.1, 0.15) is 11.9 Å². The van der Waals surface area contributed by atoms with Crippen molar-refractivity contribution in [3.05, 3.63) is 48.7 Å². The third kappa shape index (κ3) is 3.84.